The van der Waals surface area contributed by atoms with Crippen molar-refractivity contribution >= 4 is 98.5 Å². The highest BCUT2D eigenvalue weighted by Gasteiger charge is 2.17. The Labute approximate surface area is 353 Å². The molecular weight excluding hydrogens is 761 g/mol. The first-order valence-electron chi connectivity index (χ1n) is 21.0. The quantitative estimate of drug-likeness (QED) is 0.178. The average Bonchev–Trinajstić information content (AvgIpc) is 4.09. The molecule has 62 heavy (non-hydrogen) atoms. The second-order valence-electron chi connectivity index (χ2n) is 16.4. The SMILES string of the molecule is c1cc(-c2ccc3c(c2)oc2cc4cc5oc6cc(-c7cccc(-c8cccc9c8oc8ccccc89)c7)ccc6c5cc4cc23)cc(-c2cccc3c2oc2ccccc23)c1. The first-order valence-corrected chi connectivity index (χ1v) is 21.0. The number of furan rings is 4. The van der Waals surface area contributed by atoms with Gasteiger partial charge in [-0.1, -0.05) is 121 Å². The Morgan fingerprint density at radius 1 is 0.210 bits per heavy atom. The van der Waals surface area contributed by atoms with Crippen LogP contribution in [-0.4, -0.2) is 0 Å². The molecule has 288 valence electrons. The van der Waals surface area contributed by atoms with E-state index < -0.39 is 0 Å². The molecular formula is C58H32O4. The fraction of sp³-hybridized carbons (Fsp3) is 0. The Balaban J connectivity index is 0.813. The smallest absolute Gasteiger partial charge is 0.143 e. The first kappa shape index (κ1) is 33.5. The van der Waals surface area contributed by atoms with Crippen molar-refractivity contribution < 1.29 is 17.7 Å². The van der Waals surface area contributed by atoms with E-state index >= 15 is 0 Å². The Hall–Kier alpha value is -8.34. The zero-order valence-corrected chi connectivity index (χ0v) is 33.1. The number of rotatable bonds is 4. The fourth-order valence-electron chi connectivity index (χ4n) is 9.83. The van der Waals surface area contributed by atoms with Crippen LogP contribution >= 0.6 is 0 Å². The lowest BCUT2D eigenvalue weighted by Gasteiger charge is -2.07. The summed E-state index contributed by atoms with van der Waals surface area (Å²) in [7, 11) is 0. The Bertz CT molecular complexity index is 3900. The summed E-state index contributed by atoms with van der Waals surface area (Å²) in [6.07, 6.45) is 0. The highest BCUT2D eigenvalue weighted by atomic mass is 16.3. The molecule has 0 amide bonds. The van der Waals surface area contributed by atoms with E-state index in [1.54, 1.807) is 0 Å². The molecule has 0 radical (unpaired) electrons. The summed E-state index contributed by atoms with van der Waals surface area (Å²) in [6.45, 7) is 0. The van der Waals surface area contributed by atoms with Crippen LogP contribution in [0, 0.1) is 0 Å². The molecule has 0 bridgehead atoms. The van der Waals surface area contributed by atoms with Crippen LogP contribution in [0.1, 0.15) is 0 Å². The monoisotopic (exact) mass is 792 g/mol. The third-order valence-electron chi connectivity index (χ3n) is 12.8. The Morgan fingerprint density at radius 2 is 0.597 bits per heavy atom. The van der Waals surface area contributed by atoms with Crippen LogP contribution in [0.3, 0.4) is 0 Å². The van der Waals surface area contributed by atoms with Crippen LogP contribution in [0.2, 0.25) is 0 Å². The van der Waals surface area contributed by atoms with Crippen molar-refractivity contribution in [2.45, 2.75) is 0 Å². The van der Waals surface area contributed by atoms with E-state index in [1.807, 2.05) is 24.3 Å². The van der Waals surface area contributed by atoms with Gasteiger partial charge < -0.3 is 17.7 Å². The molecule has 0 saturated carbocycles. The topological polar surface area (TPSA) is 52.6 Å². The minimum absolute atomic E-state index is 0.853. The van der Waals surface area contributed by atoms with Crippen molar-refractivity contribution in [3.63, 3.8) is 0 Å². The van der Waals surface area contributed by atoms with Gasteiger partial charge in [0.05, 0.1) is 0 Å². The zero-order chi connectivity index (χ0) is 40.5. The number of hydrogen-bond donors (Lipinski definition) is 0. The molecule has 0 aliphatic heterocycles. The molecule has 0 saturated heterocycles. The Morgan fingerprint density at radius 3 is 1.11 bits per heavy atom. The molecule has 0 atom stereocenters. The summed E-state index contributed by atoms with van der Waals surface area (Å²) in [5, 5.41) is 11.1. The zero-order valence-electron chi connectivity index (χ0n) is 33.1. The maximum atomic E-state index is 6.59. The van der Waals surface area contributed by atoms with E-state index in [2.05, 4.69) is 170 Å². The predicted molar refractivity (Wildman–Crippen MR) is 255 cm³/mol. The highest BCUT2D eigenvalue weighted by molar-refractivity contribution is 6.16. The molecule has 0 N–H and O–H groups in total. The van der Waals surface area contributed by atoms with E-state index in [-0.39, 0.29) is 0 Å². The van der Waals surface area contributed by atoms with Crippen LogP contribution < -0.4 is 0 Å². The fourth-order valence-corrected chi connectivity index (χ4v) is 9.83. The maximum absolute atomic E-state index is 6.59. The van der Waals surface area contributed by atoms with Crippen LogP contribution in [0.5, 0.6) is 0 Å². The number of benzene rings is 10. The standard InChI is InChI=1S/C58H32O4/c1-3-19-51-43(13-1)47-17-7-15-41(57(47)61-51)37-11-5-9-33(25-37)35-21-23-45-49-27-39-28-50-46-24-22-36(30-54(46)60-56(50)32-40(39)31-55(49)59-53(45)29-35)34-10-6-12-38(26-34)42-16-8-18-48-44-14-2-4-20-52(44)62-58(42)48/h1-32H. The third kappa shape index (κ3) is 4.95. The van der Waals surface area contributed by atoms with Crippen molar-refractivity contribution in [2.75, 3.05) is 0 Å². The molecule has 4 heteroatoms. The van der Waals surface area contributed by atoms with Gasteiger partial charge in [-0.25, -0.2) is 0 Å². The minimum atomic E-state index is 0.853. The van der Waals surface area contributed by atoms with E-state index in [9.17, 15) is 0 Å². The van der Waals surface area contributed by atoms with Gasteiger partial charge in [-0.15, -0.1) is 0 Å². The number of fused-ring (bicyclic) bond motifs is 13. The minimum Gasteiger partial charge on any atom is -0.456 e. The molecule has 14 rings (SSSR count). The summed E-state index contributed by atoms with van der Waals surface area (Å²) in [4.78, 5) is 0. The lowest BCUT2D eigenvalue weighted by atomic mass is 9.96. The molecule has 0 aliphatic rings. The van der Waals surface area contributed by atoms with Gasteiger partial charge in [0.15, 0.2) is 0 Å². The predicted octanol–water partition coefficient (Wildman–Crippen LogP) is 17.1. The van der Waals surface area contributed by atoms with Crippen LogP contribution in [0.25, 0.3) is 143 Å². The normalized spacial score (nSPS) is 12.2. The van der Waals surface area contributed by atoms with Crippen molar-refractivity contribution in [2.24, 2.45) is 0 Å². The molecule has 10 aromatic carbocycles. The summed E-state index contributed by atoms with van der Waals surface area (Å²) < 4.78 is 25.9. The average molecular weight is 793 g/mol. The van der Waals surface area contributed by atoms with Crippen LogP contribution in [0.15, 0.2) is 212 Å². The summed E-state index contributed by atoms with van der Waals surface area (Å²) in [6, 6.07) is 68.4. The lowest BCUT2D eigenvalue weighted by Crippen LogP contribution is -1.82. The van der Waals surface area contributed by atoms with E-state index in [1.165, 1.54) is 0 Å². The molecule has 0 aliphatic carbocycles. The van der Waals surface area contributed by atoms with Gasteiger partial charge in [0.1, 0.15) is 44.7 Å². The number of para-hydroxylation sites is 4. The summed E-state index contributed by atoms with van der Waals surface area (Å²) >= 11 is 0. The van der Waals surface area contributed by atoms with E-state index in [0.717, 1.165) is 143 Å². The second kappa shape index (κ2) is 12.6. The van der Waals surface area contributed by atoms with Gasteiger partial charge in [-0.2, -0.15) is 0 Å². The van der Waals surface area contributed by atoms with Gasteiger partial charge in [0, 0.05) is 54.2 Å². The van der Waals surface area contributed by atoms with Gasteiger partial charge in [0.2, 0.25) is 0 Å². The van der Waals surface area contributed by atoms with Crippen molar-refractivity contribution in [3.8, 4) is 44.5 Å². The van der Waals surface area contributed by atoms with Gasteiger partial charge in [-0.3, -0.25) is 0 Å². The van der Waals surface area contributed by atoms with E-state index in [0.29, 0.717) is 0 Å². The van der Waals surface area contributed by atoms with Crippen molar-refractivity contribution in [3.05, 3.63) is 194 Å². The van der Waals surface area contributed by atoms with Crippen LogP contribution in [0.4, 0.5) is 0 Å². The van der Waals surface area contributed by atoms with Crippen molar-refractivity contribution in [1.82, 2.24) is 0 Å². The molecule has 0 spiro atoms. The maximum Gasteiger partial charge on any atom is 0.143 e. The van der Waals surface area contributed by atoms with Gasteiger partial charge in [-0.05, 0) is 117 Å². The molecule has 4 heterocycles. The largest absolute Gasteiger partial charge is 0.456 e. The Kier molecular flexibility index (Phi) is 6.80. The second-order valence-corrected chi connectivity index (χ2v) is 16.4. The number of hydrogen-bond acceptors (Lipinski definition) is 4. The summed E-state index contributed by atoms with van der Waals surface area (Å²) in [5.41, 5.74) is 15.8. The van der Waals surface area contributed by atoms with Crippen LogP contribution in [-0.2, 0) is 0 Å². The third-order valence-corrected chi connectivity index (χ3v) is 12.8. The molecule has 4 nitrogen and oxygen atoms in total. The van der Waals surface area contributed by atoms with Crippen molar-refractivity contribution in [1.29, 1.82) is 0 Å². The van der Waals surface area contributed by atoms with Gasteiger partial charge in [0.25, 0.3) is 0 Å². The van der Waals surface area contributed by atoms with E-state index in [4.69, 9.17) is 17.7 Å². The van der Waals surface area contributed by atoms with Gasteiger partial charge >= 0.3 is 0 Å². The summed E-state index contributed by atoms with van der Waals surface area (Å²) in [5.74, 6) is 0. The molecule has 14 aromatic rings. The lowest BCUT2D eigenvalue weighted by molar-refractivity contribution is 0.668. The molecule has 4 aromatic heterocycles. The molecule has 0 unspecified atom stereocenters. The molecule has 0 fully saturated rings. The first-order chi connectivity index (χ1) is 30.7. The highest BCUT2D eigenvalue weighted by Crippen LogP contribution is 2.42.